The Morgan fingerprint density at radius 1 is 0.535 bits per heavy atom. The van der Waals surface area contributed by atoms with Gasteiger partial charge in [-0.05, 0) is 69.9 Å². The fourth-order valence-corrected chi connectivity index (χ4v) is 6.99. The number of hydrogen-bond donors (Lipinski definition) is 0. The molecule has 5 aromatic rings. The normalized spacial score (nSPS) is 15.8. The highest BCUT2D eigenvalue weighted by Crippen LogP contribution is 2.37. The van der Waals surface area contributed by atoms with Crippen LogP contribution in [-0.4, -0.2) is 13.4 Å². The number of rotatable bonds is 3. The molecule has 0 saturated heterocycles. The van der Waals surface area contributed by atoms with Crippen molar-refractivity contribution in [1.29, 1.82) is 0 Å². The SMILES string of the molecule is C=C/C=C1/Oc2ccccc2B2C1=C(Cc1ccc3c(c1)B1c4ccccc4Oc4cccc(c41)O3)Oc1ccccc12. The minimum atomic E-state index is -0.00568. The molecular weight excluding hydrogens is 530 g/mol. The van der Waals surface area contributed by atoms with E-state index >= 15 is 0 Å². The third-order valence-corrected chi connectivity index (χ3v) is 8.77. The van der Waals surface area contributed by atoms with E-state index in [2.05, 4.69) is 67.2 Å². The van der Waals surface area contributed by atoms with Crippen molar-refractivity contribution in [3.05, 3.63) is 150 Å². The lowest BCUT2D eigenvalue weighted by molar-refractivity contribution is 0.390. The molecule has 4 nitrogen and oxygen atoms in total. The first-order chi connectivity index (χ1) is 21.3. The molecule has 0 saturated carbocycles. The van der Waals surface area contributed by atoms with Crippen molar-refractivity contribution in [3.8, 4) is 34.5 Å². The number of hydrogen-bond acceptors (Lipinski definition) is 4. The van der Waals surface area contributed by atoms with E-state index in [1.54, 1.807) is 6.08 Å². The number of ether oxygens (including phenoxy) is 4. The summed E-state index contributed by atoms with van der Waals surface area (Å²) in [5.41, 5.74) is 7.77. The van der Waals surface area contributed by atoms with Crippen molar-refractivity contribution < 1.29 is 18.9 Å². The zero-order valence-corrected chi connectivity index (χ0v) is 23.2. The lowest BCUT2D eigenvalue weighted by Crippen LogP contribution is -2.57. The monoisotopic (exact) mass is 554 g/mol. The second-order valence-corrected chi connectivity index (χ2v) is 11.2. The first kappa shape index (κ1) is 24.3. The highest BCUT2D eigenvalue weighted by Gasteiger charge is 2.43. The Morgan fingerprint density at radius 3 is 1.77 bits per heavy atom. The van der Waals surface area contributed by atoms with Crippen LogP contribution in [-0.2, 0) is 6.42 Å². The Hall–Kier alpha value is -5.35. The van der Waals surface area contributed by atoms with Crippen molar-refractivity contribution in [2.45, 2.75) is 6.42 Å². The Balaban J connectivity index is 1.20. The molecule has 5 aromatic carbocycles. The molecule has 0 radical (unpaired) electrons. The van der Waals surface area contributed by atoms with Crippen LogP contribution in [0.3, 0.4) is 0 Å². The average molecular weight is 554 g/mol. The van der Waals surface area contributed by atoms with Gasteiger partial charge in [-0.3, -0.25) is 0 Å². The van der Waals surface area contributed by atoms with Gasteiger partial charge < -0.3 is 18.9 Å². The average Bonchev–Trinajstić information content (AvgIpc) is 3.04. The topological polar surface area (TPSA) is 36.9 Å². The summed E-state index contributed by atoms with van der Waals surface area (Å²) >= 11 is 0. The van der Waals surface area contributed by atoms with Crippen LogP contribution in [0.4, 0.5) is 0 Å². The van der Waals surface area contributed by atoms with Crippen molar-refractivity contribution in [3.63, 3.8) is 0 Å². The quantitative estimate of drug-likeness (QED) is 0.291. The van der Waals surface area contributed by atoms with Crippen LogP contribution in [0.2, 0.25) is 0 Å². The summed E-state index contributed by atoms with van der Waals surface area (Å²) in [6, 6.07) is 37.4. The molecule has 0 spiro atoms. The summed E-state index contributed by atoms with van der Waals surface area (Å²) in [5, 5.41) is 0. The Morgan fingerprint density at radius 2 is 1.09 bits per heavy atom. The van der Waals surface area contributed by atoms with Crippen LogP contribution in [0.5, 0.6) is 34.5 Å². The zero-order valence-electron chi connectivity index (χ0n) is 23.2. The maximum atomic E-state index is 6.71. The second-order valence-electron chi connectivity index (χ2n) is 11.2. The number of benzene rings is 5. The van der Waals surface area contributed by atoms with Crippen LogP contribution < -0.4 is 46.3 Å². The zero-order chi connectivity index (χ0) is 28.5. The molecule has 0 aliphatic carbocycles. The second kappa shape index (κ2) is 9.33. The van der Waals surface area contributed by atoms with Gasteiger partial charge in [0, 0.05) is 17.4 Å². The Bertz CT molecular complexity index is 2050. The third-order valence-electron chi connectivity index (χ3n) is 8.77. The first-order valence-electron chi connectivity index (χ1n) is 14.6. The summed E-state index contributed by atoms with van der Waals surface area (Å²) in [5.74, 6) is 6.80. The largest absolute Gasteiger partial charge is 0.462 e. The van der Waals surface area contributed by atoms with Crippen molar-refractivity contribution in [2.24, 2.45) is 0 Å². The lowest BCUT2D eigenvalue weighted by atomic mass is 9.34. The Labute approximate surface area is 250 Å². The van der Waals surface area contributed by atoms with Crippen LogP contribution in [0.15, 0.2) is 145 Å². The van der Waals surface area contributed by atoms with Crippen molar-refractivity contribution >= 4 is 40.7 Å². The van der Waals surface area contributed by atoms with Gasteiger partial charge in [0.1, 0.15) is 46.0 Å². The van der Waals surface area contributed by atoms with Crippen molar-refractivity contribution in [1.82, 2.24) is 0 Å². The highest BCUT2D eigenvalue weighted by atomic mass is 16.5. The third kappa shape index (κ3) is 3.66. The molecule has 0 bridgehead atoms. The summed E-state index contributed by atoms with van der Waals surface area (Å²) in [6.45, 7) is 3.98. The minimum absolute atomic E-state index is 0.00568. The smallest absolute Gasteiger partial charge is 0.260 e. The fourth-order valence-electron chi connectivity index (χ4n) is 6.99. The van der Waals surface area contributed by atoms with Gasteiger partial charge in [0.25, 0.3) is 13.4 Å². The summed E-state index contributed by atoms with van der Waals surface area (Å²) < 4.78 is 25.9. The standard InChI is InChI=1S/C37H24B2O4/c1-2-10-32-37-35(43-30-16-8-4-12-25(30)38(37)24-11-3-6-14-28(24)40-32)22-23-19-20-31-27(21-23)39-26-13-5-7-15-29(26)41-33-17-9-18-34(42-31)36(33)39/h2-21H,1,22H2/b32-10+. The highest BCUT2D eigenvalue weighted by molar-refractivity contribution is 6.98. The van der Waals surface area contributed by atoms with E-state index < -0.39 is 0 Å². The van der Waals surface area contributed by atoms with Crippen LogP contribution in [0.1, 0.15) is 5.56 Å². The molecule has 9 rings (SSSR count). The van der Waals surface area contributed by atoms with Gasteiger partial charge in [0.2, 0.25) is 0 Å². The molecule has 0 N–H and O–H groups in total. The van der Waals surface area contributed by atoms with Crippen LogP contribution in [0, 0.1) is 0 Å². The van der Waals surface area contributed by atoms with Crippen LogP contribution in [0.25, 0.3) is 0 Å². The predicted molar refractivity (Wildman–Crippen MR) is 172 cm³/mol. The van der Waals surface area contributed by atoms with Gasteiger partial charge in [-0.2, -0.15) is 0 Å². The van der Waals surface area contributed by atoms with Gasteiger partial charge >= 0.3 is 0 Å². The van der Waals surface area contributed by atoms with Gasteiger partial charge in [-0.15, -0.1) is 0 Å². The summed E-state index contributed by atoms with van der Waals surface area (Å²) in [4.78, 5) is 0. The number of para-hydroxylation sites is 3. The minimum Gasteiger partial charge on any atom is -0.462 e. The van der Waals surface area contributed by atoms with Gasteiger partial charge in [-0.1, -0.05) is 85.5 Å². The first-order valence-corrected chi connectivity index (χ1v) is 14.6. The van der Waals surface area contributed by atoms with E-state index in [1.807, 2.05) is 54.6 Å². The number of fused-ring (bicyclic) bond motifs is 9. The molecule has 0 fully saturated rings. The van der Waals surface area contributed by atoms with Gasteiger partial charge in [0.05, 0.1) is 0 Å². The number of allylic oxidation sites excluding steroid dienone is 4. The van der Waals surface area contributed by atoms with Crippen molar-refractivity contribution in [2.75, 3.05) is 0 Å². The summed E-state index contributed by atoms with van der Waals surface area (Å²) in [7, 11) is 0. The van der Waals surface area contributed by atoms with E-state index in [0.29, 0.717) is 6.42 Å². The maximum Gasteiger partial charge on any atom is 0.260 e. The molecule has 0 atom stereocenters. The van der Waals surface area contributed by atoms with Crippen LogP contribution >= 0.6 is 0 Å². The molecule has 0 amide bonds. The fraction of sp³-hybridized carbons (Fsp3) is 0.0270. The maximum absolute atomic E-state index is 6.71. The van der Waals surface area contributed by atoms with E-state index in [1.165, 1.54) is 0 Å². The van der Waals surface area contributed by atoms with E-state index in [-0.39, 0.29) is 13.4 Å². The lowest BCUT2D eigenvalue weighted by Gasteiger charge is -2.35. The van der Waals surface area contributed by atoms with E-state index in [9.17, 15) is 0 Å². The van der Waals surface area contributed by atoms with E-state index in [0.717, 1.165) is 84.4 Å². The molecule has 0 aromatic heterocycles. The molecule has 4 aliphatic heterocycles. The van der Waals surface area contributed by atoms with Gasteiger partial charge in [0.15, 0.2) is 0 Å². The summed E-state index contributed by atoms with van der Waals surface area (Å²) in [6.07, 6.45) is 4.31. The van der Waals surface area contributed by atoms with E-state index in [4.69, 9.17) is 18.9 Å². The molecule has 4 aliphatic rings. The van der Waals surface area contributed by atoms with Gasteiger partial charge in [-0.25, -0.2) is 0 Å². The molecular formula is C37H24B2O4. The predicted octanol–water partition coefficient (Wildman–Crippen LogP) is 4.91. The molecule has 0 unspecified atom stereocenters. The molecule has 4 heterocycles. The molecule has 6 heteroatoms. The Kier molecular flexibility index (Phi) is 5.27. The molecule has 202 valence electrons. The molecule has 43 heavy (non-hydrogen) atoms.